The Morgan fingerprint density at radius 3 is 2.53 bits per heavy atom. The van der Waals surface area contributed by atoms with E-state index in [0.717, 1.165) is 0 Å². The molecule has 80 valence electrons. The van der Waals surface area contributed by atoms with Gasteiger partial charge < -0.3 is 0 Å². The second kappa shape index (κ2) is 4.26. The predicted molar refractivity (Wildman–Crippen MR) is 56.2 cm³/mol. The number of nitrogens with zero attached hydrogens (tertiary/aromatic N) is 3. The minimum atomic E-state index is -0.576. The van der Waals surface area contributed by atoms with Crippen molar-refractivity contribution in [3.63, 3.8) is 0 Å². The van der Waals surface area contributed by atoms with Gasteiger partial charge in [-0.15, -0.1) is 0 Å². The minimum absolute atomic E-state index is 0.0297. The lowest BCUT2D eigenvalue weighted by Crippen LogP contribution is -2.19. The molecule has 1 atom stereocenters. The maximum Gasteiger partial charge on any atom is 0.183 e. The van der Waals surface area contributed by atoms with Gasteiger partial charge in [0.25, 0.3) is 0 Å². The Bertz CT molecular complexity index is 412. The van der Waals surface area contributed by atoms with Crippen molar-refractivity contribution in [3.05, 3.63) is 17.5 Å². The molecule has 1 aromatic rings. The van der Waals surface area contributed by atoms with Gasteiger partial charge in [-0.1, -0.05) is 13.8 Å². The van der Waals surface area contributed by atoms with Crippen molar-refractivity contribution in [1.29, 1.82) is 5.26 Å². The Balaban J connectivity index is 3.04. The number of Topliss-reactive ketones (excluding diaryl/α,β-unsaturated/α-hetero) is 1. The first-order valence-corrected chi connectivity index (χ1v) is 4.91. The van der Waals surface area contributed by atoms with Gasteiger partial charge in [0.15, 0.2) is 5.78 Å². The number of hydrogen-bond donors (Lipinski definition) is 0. The summed E-state index contributed by atoms with van der Waals surface area (Å²) in [5.41, 5.74) is 1.24. The summed E-state index contributed by atoms with van der Waals surface area (Å²) >= 11 is 0. The molecular formula is C11H15N3O. The van der Waals surface area contributed by atoms with Crippen LogP contribution in [0.25, 0.3) is 0 Å². The van der Waals surface area contributed by atoms with Crippen LogP contribution in [0.3, 0.4) is 0 Å². The number of rotatable bonds is 3. The summed E-state index contributed by atoms with van der Waals surface area (Å²) in [6, 6.07) is 2.05. The van der Waals surface area contributed by atoms with Crippen molar-refractivity contribution < 1.29 is 4.79 Å². The Morgan fingerprint density at radius 2 is 2.20 bits per heavy atom. The van der Waals surface area contributed by atoms with E-state index >= 15 is 0 Å². The molecule has 0 radical (unpaired) electrons. The lowest BCUT2D eigenvalue weighted by Gasteiger charge is -2.10. The number of ketones is 1. The molecule has 0 aliphatic carbocycles. The fourth-order valence-corrected chi connectivity index (χ4v) is 1.52. The van der Waals surface area contributed by atoms with Gasteiger partial charge in [-0.2, -0.15) is 10.4 Å². The van der Waals surface area contributed by atoms with Crippen molar-refractivity contribution >= 4 is 5.78 Å². The maximum absolute atomic E-state index is 12.0. The van der Waals surface area contributed by atoms with Crippen LogP contribution in [0.15, 0.2) is 6.20 Å². The second-order valence-corrected chi connectivity index (χ2v) is 4.02. The molecule has 1 heterocycles. The highest BCUT2D eigenvalue weighted by Gasteiger charge is 2.25. The van der Waals surface area contributed by atoms with E-state index in [9.17, 15) is 4.79 Å². The van der Waals surface area contributed by atoms with Crippen molar-refractivity contribution in [2.75, 3.05) is 0 Å². The summed E-state index contributed by atoms with van der Waals surface area (Å²) in [4.78, 5) is 12.0. The molecule has 1 rings (SSSR count). The summed E-state index contributed by atoms with van der Waals surface area (Å²) in [6.45, 7) is 5.52. The molecule has 0 fully saturated rings. The van der Waals surface area contributed by atoms with E-state index in [4.69, 9.17) is 5.26 Å². The molecule has 1 aromatic heterocycles. The van der Waals surface area contributed by atoms with Gasteiger partial charge in [-0.3, -0.25) is 9.48 Å². The first-order chi connectivity index (χ1) is 6.97. The lowest BCUT2D eigenvalue weighted by atomic mass is 9.89. The smallest absolute Gasteiger partial charge is 0.183 e. The third-order valence-electron chi connectivity index (χ3n) is 2.37. The molecule has 4 nitrogen and oxygen atoms in total. The highest BCUT2D eigenvalue weighted by molar-refractivity contribution is 6.00. The van der Waals surface area contributed by atoms with E-state index < -0.39 is 5.92 Å². The van der Waals surface area contributed by atoms with Gasteiger partial charge in [0.1, 0.15) is 5.92 Å². The zero-order valence-corrected chi connectivity index (χ0v) is 9.48. The molecule has 0 bridgehead atoms. The fourth-order valence-electron chi connectivity index (χ4n) is 1.52. The summed E-state index contributed by atoms with van der Waals surface area (Å²) in [7, 11) is 1.76. The van der Waals surface area contributed by atoms with Crippen LogP contribution in [0.1, 0.15) is 29.9 Å². The molecule has 0 amide bonds. The largest absolute Gasteiger partial charge is 0.293 e. The van der Waals surface area contributed by atoms with E-state index in [2.05, 4.69) is 5.10 Å². The molecular weight excluding hydrogens is 190 g/mol. The topological polar surface area (TPSA) is 58.7 Å². The van der Waals surface area contributed by atoms with E-state index in [-0.39, 0.29) is 11.7 Å². The van der Waals surface area contributed by atoms with E-state index in [1.54, 1.807) is 24.9 Å². The van der Waals surface area contributed by atoms with Gasteiger partial charge in [-0.25, -0.2) is 0 Å². The summed E-state index contributed by atoms with van der Waals surface area (Å²) in [6.07, 6.45) is 1.67. The van der Waals surface area contributed by atoms with Crippen LogP contribution in [-0.2, 0) is 7.05 Å². The van der Waals surface area contributed by atoms with Crippen LogP contribution >= 0.6 is 0 Å². The Labute approximate surface area is 89.5 Å². The SMILES string of the molecule is Cc1nn(C)cc1C(=O)C(C#N)C(C)C. The van der Waals surface area contributed by atoms with E-state index in [1.807, 2.05) is 19.9 Å². The number of nitriles is 1. The van der Waals surface area contributed by atoms with Gasteiger partial charge in [0, 0.05) is 13.2 Å². The van der Waals surface area contributed by atoms with Crippen molar-refractivity contribution in [2.45, 2.75) is 20.8 Å². The van der Waals surface area contributed by atoms with Gasteiger partial charge in [0.2, 0.25) is 0 Å². The third kappa shape index (κ3) is 2.24. The zero-order valence-electron chi connectivity index (χ0n) is 9.48. The number of carbonyl (C=O) groups excluding carboxylic acids is 1. The van der Waals surface area contributed by atoms with Crippen molar-refractivity contribution in [3.8, 4) is 6.07 Å². The Kier molecular flexibility index (Phi) is 3.25. The molecule has 0 N–H and O–H groups in total. The summed E-state index contributed by atoms with van der Waals surface area (Å²) in [5.74, 6) is -0.673. The van der Waals surface area contributed by atoms with Crippen molar-refractivity contribution in [1.82, 2.24) is 9.78 Å². The first-order valence-electron chi connectivity index (χ1n) is 4.91. The van der Waals surface area contributed by atoms with Crippen LogP contribution in [0.4, 0.5) is 0 Å². The Morgan fingerprint density at radius 1 is 1.60 bits per heavy atom. The molecule has 1 unspecified atom stereocenters. The molecule has 15 heavy (non-hydrogen) atoms. The zero-order chi connectivity index (χ0) is 11.6. The van der Waals surface area contributed by atoms with Gasteiger partial charge in [0.05, 0.1) is 17.3 Å². The normalized spacial score (nSPS) is 12.5. The highest BCUT2D eigenvalue weighted by atomic mass is 16.1. The highest BCUT2D eigenvalue weighted by Crippen LogP contribution is 2.18. The van der Waals surface area contributed by atoms with Crippen LogP contribution in [-0.4, -0.2) is 15.6 Å². The van der Waals surface area contributed by atoms with E-state index in [0.29, 0.717) is 11.3 Å². The molecule has 4 heteroatoms. The lowest BCUT2D eigenvalue weighted by molar-refractivity contribution is 0.0924. The fraction of sp³-hybridized carbons (Fsp3) is 0.545. The Hall–Kier alpha value is -1.63. The summed E-state index contributed by atoms with van der Waals surface area (Å²) in [5, 5.41) is 13.0. The molecule has 0 saturated heterocycles. The van der Waals surface area contributed by atoms with E-state index in [1.165, 1.54) is 0 Å². The van der Waals surface area contributed by atoms with Gasteiger partial charge >= 0.3 is 0 Å². The van der Waals surface area contributed by atoms with Crippen LogP contribution < -0.4 is 0 Å². The average Bonchev–Trinajstić information content (AvgIpc) is 2.45. The van der Waals surface area contributed by atoms with Crippen molar-refractivity contribution in [2.24, 2.45) is 18.9 Å². The standard InChI is InChI=1S/C11H15N3O/c1-7(2)9(5-12)11(15)10-6-14(4)13-8(10)3/h6-7,9H,1-4H3. The second-order valence-electron chi connectivity index (χ2n) is 4.02. The van der Waals surface area contributed by atoms with Crippen LogP contribution in [0.5, 0.6) is 0 Å². The molecule has 0 aliphatic heterocycles. The quantitative estimate of drug-likeness (QED) is 0.706. The molecule has 0 aliphatic rings. The predicted octanol–water partition coefficient (Wildman–Crippen LogP) is 1.71. The number of aromatic nitrogens is 2. The maximum atomic E-state index is 12.0. The molecule has 0 spiro atoms. The number of carbonyl (C=O) groups is 1. The summed E-state index contributed by atoms with van der Waals surface area (Å²) < 4.78 is 1.59. The van der Waals surface area contributed by atoms with Crippen LogP contribution in [0, 0.1) is 30.1 Å². The monoisotopic (exact) mass is 205 g/mol. The number of hydrogen-bond acceptors (Lipinski definition) is 3. The minimum Gasteiger partial charge on any atom is -0.293 e. The molecule has 0 aromatic carbocycles. The molecule has 0 saturated carbocycles. The third-order valence-corrected chi connectivity index (χ3v) is 2.37. The van der Waals surface area contributed by atoms with Crippen LogP contribution in [0.2, 0.25) is 0 Å². The first kappa shape index (κ1) is 11.4. The van der Waals surface area contributed by atoms with Gasteiger partial charge in [-0.05, 0) is 12.8 Å². The average molecular weight is 205 g/mol. The number of aryl methyl sites for hydroxylation is 2.